The van der Waals surface area contributed by atoms with Crippen molar-refractivity contribution in [3.63, 3.8) is 0 Å². The van der Waals surface area contributed by atoms with Gasteiger partial charge >= 0.3 is 5.97 Å². The minimum Gasteiger partial charge on any atom is -0.481 e. The van der Waals surface area contributed by atoms with E-state index in [4.69, 9.17) is 23.2 Å². The van der Waals surface area contributed by atoms with Crippen LogP contribution >= 0.6 is 23.2 Å². The van der Waals surface area contributed by atoms with Crippen molar-refractivity contribution in [3.05, 3.63) is 57.8 Å². The van der Waals surface area contributed by atoms with Gasteiger partial charge < -0.3 is 10.4 Å². The number of rotatable bonds is 7. The van der Waals surface area contributed by atoms with Crippen molar-refractivity contribution in [1.29, 1.82) is 0 Å². The van der Waals surface area contributed by atoms with E-state index in [9.17, 15) is 19.5 Å². The van der Waals surface area contributed by atoms with Crippen LogP contribution in [0.15, 0.2) is 41.7 Å². The highest BCUT2D eigenvalue weighted by Gasteiger charge is 2.30. The van der Waals surface area contributed by atoms with Gasteiger partial charge in [0.2, 0.25) is 0 Å². The summed E-state index contributed by atoms with van der Waals surface area (Å²) < 4.78 is 0. The van der Waals surface area contributed by atoms with Crippen LogP contribution in [-0.4, -0.2) is 33.5 Å². The fourth-order valence-corrected chi connectivity index (χ4v) is 4.15. The highest BCUT2D eigenvalue weighted by atomic mass is 35.5. The Labute approximate surface area is 189 Å². The van der Waals surface area contributed by atoms with Crippen LogP contribution in [0.1, 0.15) is 54.6 Å². The molecule has 1 fully saturated rings. The number of carbonyl (C=O) groups excluding carboxylic acids is 2. The lowest BCUT2D eigenvalue weighted by molar-refractivity contribution is -0.137. The molecule has 0 spiro atoms. The summed E-state index contributed by atoms with van der Waals surface area (Å²) in [7, 11) is 0. The van der Waals surface area contributed by atoms with Gasteiger partial charge in [-0.3, -0.25) is 24.4 Å². The molecule has 7 nitrogen and oxygen atoms in total. The molecule has 2 unspecified atom stereocenters. The van der Waals surface area contributed by atoms with Crippen LogP contribution < -0.4 is 5.32 Å². The predicted molar refractivity (Wildman–Crippen MR) is 119 cm³/mol. The van der Waals surface area contributed by atoms with E-state index in [1.807, 2.05) is 6.92 Å². The summed E-state index contributed by atoms with van der Waals surface area (Å²) >= 11 is 12.0. The third kappa shape index (κ3) is 5.48. The first-order valence-electron chi connectivity index (χ1n) is 9.81. The van der Waals surface area contributed by atoms with Crippen molar-refractivity contribution in [2.75, 3.05) is 5.32 Å². The molecule has 0 aliphatic heterocycles. The molecular formula is C22H21Cl2N3O4. The van der Waals surface area contributed by atoms with E-state index < -0.39 is 17.9 Å². The molecule has 31 heavy (non-hydrogen) atoms. The molecule has 2 aromatic rings. The number of nitrogens with zero attached hydrogens (tertiary/aromatic N) is 2. The summed E-state index contributed by atoms with van der Waals surface area (Å²) in [4.78, 5) is 44.4. The van der Waals surface area contributed by atoms with Crippen LogP contribution in [0.3, 0.4) is 0 Å². The van der Waals surface area contributed by atoms with Crippen LogP contribution in [0.5, 0.6) is 0 Å². The maximum Gasteiger partial charge on any atom is 0.305 e. The van der Waals surface area contributed by atoms with Gasteiger partial charge in [0.05, 0.1) is 34.0 Å². The van der Waals surface area contributed by atoms with Crippen molar-refractivity contribution >= 4 is 52.3 Å². The lowest BCUT2D eigenvalue weighted by Crippen LogP contribution is -2.16. The molecule has 1 aliphatic carbocycles. The smallest absolute Gasteiger partial charge is 0.305 e. The second-order valence-corrected chi connectivity index (χ2v) is 8.03. The maximum absolute atomic E-state index is 12.5. The van der Waals surface area contributed by atoms with Crippen LogP contribution in [-0.2, 0) is 9.59 Å². The van der Waals surface area contributed by atoms with Gasteiger partial charge in [-0.2, -0.15) is 0 Å². The number of benzene rings is 1. The minimum absolute atomic E-state index is 0.120. The topological polar surface area (TPSA) is 109 Å². The van der Waals surface area contributed by atoms with E-state index in [-0.39, 0.29) is 33.7 Å². The molecule has 1 aromatic carbocycles. The summed E-state index contributed by atoms with van der Waals surface area (Å²) in [5, 5.41) is 12.3. The minimum atomic E-state index is -0.980. The number of carboxylic acids is 1. The van der Waals surface area contributed by atoms with E-state index in [1.165, 1.54) is 12.4 Å². The number of carboxylic acid groups (broad SMARTS) is 1. The third-order valence-corrected chi connectivity index (χ3v) is 5.72. The summed E-state index contributed by atoms with van der Waals surface area (Å²) in [6, 6.07) is 6.12. The van der Waals surface area contributed by atoms with Gasteiger partial charge in [-0.25, -0.2) is 0 Å². The molecule has 162 valence electrons. The molecule has 1 saturated carbocycles. The van der Waals surface area contributed by atoms with E-state index in [0.29, 0.717) is 30.5 Å². The molecule has 1 heterocycles. The van der Waals surface area contributed by atoms with Gasteiger partial charge in [-0.05, 0) is 30.5 Å². The number of aromatic nitrogens is 1. The number of nitrogens with one attached hydrogen (secondary N) is 1. The highest BCUT2D eigenvalue weighted by Crippen LogP contribution is 2.29. The van der Waals surface area contributed by atoms with Crippen LogP contribution in [0.25, 0.3) is 0 Å². The summed E-state index contributed by atoms with van der Waals surface area (Å²) in [6.07, 6.45) is 4.14. The van der Waals surface area contributed by atoms with E-state index >= 15 is 0 Å². The molecule has 9 heteroatoms. The van der Waals surface area contributed by atoms with Crippen LogP contribution in [0.2, 0.25) is 10.0 Å². The first kappa shape index (κ1) is 22.9. The van der Waals surface area contributed by atoms with E-state index in [2.05, 4.69) is 15.3 Å². The van der Waals surface area contributed by atoms with Gasteiger partial charge in [0, 0.05) is 30.2 Å². The van der Waals surface area contributed by atoms with Gasteiger partial charge in [-0.15, -0.1) is 0 Å². The largest absolute Gasteiger partial charge is 0.481 e. The number of Topliss-reactive ketones (excluding diaryl/α,β-unsaturated/α-hetero) is 1. The first-order chi connectivity index (χ1) is 14.8. The quantitative estimate of drug-likeness (QED) is 0.603. The number of amides is 1. The van der Waals surface area contributed by atoms with Crippen molar-refractivity contribution in [1.82, 2.24) is 4.98 Å². The van der Waals surface area contributed by atoms with E-state index in [1.54, 1.807) is 24.3 Å². The van der Waals surface area contributed by atoms with Crippen molar-refractivity contribution < 1.29 is 19.5 Å². The predicted octanol–water partition coefficient (Wildman–Crippen LogP) is 4.99. The molecule has 0 bridgehead atoms. The second kappa shape index (κ2) is 10.0. The Kier molecular flexibility index (Phi) is 7.41. The lowest BCUT2D eigenvalue weighted by Gasteiger charge is -2.15. The Morgan fingerprint density at radius 2 is 1.84 bits per heavy atom. The van der Waals surface area contributed by atoms with Gasteiger partial charge in [-0.1, -0.05) is 42.3 Å². The number of hydrogen-bond acceptors (Lipinski definition) is 5. The number of hydrogen-bond donors (Lipinski definition) is 2. The molecule has 2 atom stereocenters. The number of ketones is 1. The number of halogens is 2. The fraction of sp³-hybridized carbons (Fsp3) is 0.318. The molecule has 0 radical (unpaired) electrons. The Morgan fingerprint density at radius 1 is 1.19 bits per heavy atom. The summed E-state index contributed by atoms with van der Waals surface area (Å²) in [5.74, 6) is -1.54. The lowest BCUT2D eigenvalue weighted by atomic mass is 10.00. The zero-order valence-corrected chi connectivity index (χ0v) is 18.3. The zero-order valence-electron chi connectivity index (χ0n) is 16.8. The van der Waals surface area contributed by atoms with Gasteiger partial charge in [0.25, 0.3) is 5.91 Å². The maximum atomic E-state index is 12.5. The van der Waals surface area contributed by atoms with Crippen molar-refractivity contribution in [2.24, 2.45) is 10.9 Å². The average Bonchev–Trinajstić information content (AvgIpc) is 3.06. The first-order valence-corrected chi connectivity index (χ1v) is 10.6. The number of pyridine rings is 1. The normalized spacial score (nSPS) is 18.2. The number of carbonyl (C=O) groups is 3. The monoisotopic (exact) mass is 461 g/mol. The Balaban J connectivity index is 1.81. The Morgan fingerprint density at radius 3 is 2.42 bits per heavy atom. The van der Waals surface area contributed by atoms with Gasteiger partial charge in [0.1, 0.15) is 5.78 Å². The molecule has 3 rings (SSSR count). The van der Waals surface area contributed by atoms with Gasteiger partial charge in [0.15, 0.2) is 0 Å². The van der Waals surface area contributed by atoms with Crippen LogP contribution in [0, 0.1) is 5.92 Å². The van der Waals surface area contributed by atoms with E-state index in [0.717, 1.165) is 5.71 Å². The highest BCUT2D eigenvalue weighted by molar-refractivity contribution is 6.40. The molecule has 0 saturated heterocycles. The SMILES string of the molecule is CCC1C(=O)CCC1=NC(CC(=O)O)c1ccc(NC(=O)c2c(Cl)cncc2Cl)cc1. The molecule has 1 amide bonds. The third-order valence-electron chi connectivity index (χ3n) is 5.15. The standard InChI is InChI=1S/C22H21Cl2N3O4/c1-2-14-17(7-8-19(14)28)27-18(9-20(29)30)12-3-5-13(6-4-12)26-22(31)21-15(23)10-25-11-16(21)24/h3-6,10-11,14,18H,2,7-9H2,1H3,(H,26,31)(H,29,30). The summed E-state index contributed by atoms with van der Waals surface area (Å²) in [6.45, 7) is 1.92. The Bertz CT molecular complexity index is 1020. The molecule has 2 N–H and O–H groups in total. The zero-order chi connectivity index (χ0) is 22.5. The number of aliphatic carboxylic acids is 1. The Hall–Kier alpha value is -2.77. The summed E-state index contributed by atoms with van der Waals surface area (Å²) in [5.41, 5.74) is 2.05. The molecule has 1 aromatic heterocycles. The number of aliphatic imine (C=N–C) groups is 1. The van der Waals surface area contributed by atoms with Crippen molar-refractivity contribution in [2.45, 2.75) is 38.6 Å². The average molecular weight is 462 g/mol. The number of anilines is 1. The fourth-order valence-electron chi connectivity index (χ4n) is 3.62. The molecular weight excluding hydrogens is 441 g/mol. The van der Waals surface area contributed by atoms with Crippen molar-refractivity contribution in [3.8, 4) is 0 Å². The van der Waals surface area contributed by atoms with Crippen LogP contribution in [0.4, 0.5) is 5.69 Å². The second-order valence-electron chi connectivity index (χ2n) is 7.22. The molecule has 1 aliphatic rings.